The SMILES string of the molecule is CC(NC(=O)NS(=O)(=O)c1ccc(Cl)cc1)c1ccccc1OCc1ccccc1. The fourth-order valence-electron chi connectivity index (χ4n) is 2.80. The molecule has 0 aliphatic heterocycles. The molecule has 1 atom stereocenters. The van der Waals surface area contributed by atoms with Crippen LogP contribution in [0.25, 0.3) is 0 Å². The second kappa shape index (κ2) is 9.65. The van der Waals surface area contributed by atoms with Crippen LogP contribution in [0.15, 0.2) is 83.8 Å². The van der Waals surface area contributed by atoms with Crippen molar-refractivity contribution in [1.29, 1.82) is 0 Å². The van der Waals surface area contributed by atoms with Gasteiger partial charge in [0.05, 0.1) is 10.9 Å². The Balaban J connectivity index is 1.66. The summed E-state index contributed by atoms with van der Waals surface area (Å²) in [5, 5.41) is 3.04. The van der Waals surface area contributed by atoms with Crippen molar-refractivity contribution < 1.29 is 17.9 Å². The Morgan fingerprint density at radius 3 is 2.30 bits per heavy atom. The number of urea groups is 1. The monoisotopic (exact) mass is 444 g/mol. The van der Waals surface area contributed by atoms with Crippen LogP contribution in [0.3, 0.4) is 0 Å². The van der Waals surface area contributed by atoms with E-state index in [-0.39, 0.29) is 4.90 Å². The molecule has 3 rings (SSSR count). The minimum Gasteiger partial charge on any atom is -0.489 e. The number of hydrogen-bond acceptors (Lipinski definition) is 4. The highest BCUT2D eigenvalue weighted by Gasteiger charge is 2.20. The summed E-state index contributed by atoms with van der Waals surface area (Å²) < 4.78 is 32.6. The van der Waals surface area contributed by atoms with Gasteiger partial charge in [0, 0.05) is 10.6 Å². The number of amides is 2. The molecule has 1 unspecified atom stereocenters. The van der Waals surface area contributed by atoms with E-state index in [0.717, 1.165) is 11.1 Å². The summed E-state index contributed by atoms with van der Waals surface area (Å²) in [4.78, 5) is 12.3. The minimum absolute atomic E-state index is 0.0544. The molecule has 8 heteroatoms. The van der Waals surface area contributed by atoms with Crippen LogP contribution in [0.5, 0.6) is 5.75 Å². The Morgan fingerprint density at radius 1 is 0.967 bits per heavy atom. The Labute approximate surface area is 180 Å². The predicted molar refractivity (Wildman–Crippen MR) is 116 cm³/mol. The first-order valence-corrected chi connectivity index (χ1v) is 11.1. The maximum Gasteiger partial charge on any atom is 0.329 e. The van der Waals surface area contributed by atoms with E-state index in [1.54, 1.807) is 13.0 Å². The lowest BCUT2D eigenvalue weighted by Crippen LogP contribution is -2.40. The topological polar surface area (TPSA) is 84.5 Å². The van der Waals surface area contributed by atoms with E-state index < -0.39 is 22.1 Å². The predicted octanol–water partition coefficient (Wildman–Crippen LogP) is 4.67. The van der Waals surface area contributed by atoms with E-state index >= 15 is 0 Å². The number of halogens is 1. The normalized spacial score (nSPS) is 12.1. The molecule has 2 amide bonds. The third-order valence-corrected chi connectivity index (χ3v) is 5.92. The molecule has 0 saturated heterocycles. The van der Waals surface area contributed by atoms with Gasteiger partial charge in [0.25, 0.3) is 10.0 Å². The summed E-state index contributed by atoms with van der Waals surface area (Å²) in [7, 11) is -4.01. The average Bonchev–Trinajstić information content (AvgIpc) is 2.73. The molecule has 6 nitrogen and oxygen atoms in total. The number of para-hydroxylation sites is 1. The second-order valence-corrected chi connectivity index (χ2v) is 8.69. The Bertz CT molecular complexity index is 1100. The third-order valence-electron chi connectivity index (χ3n) is 4.32. The first kappa shape index (κ1) is 21.7. The number of nitrogens with one attached hydrogen (secondary N) is 2. The zero-order chi connectivity index (χ0) is 21.6. The standard InChI is InChI=1S/C22H21ClN2O4S/c1-16(24-22(26)25-30(27,28)19-13-11-18(23)12-14-19)20-9-5-6-10-21(20)29-15-17-7-3-2-4-8-17/h2-14,16H,15H2,1H3,(H2,24,25,26). The molecule has 0 aliphatic rings. The van der Waals surface area contributed by atoms with E-state index in [4.69, 9.17) is 16.3 Å². The van der Waals surface area contributed by atoms with Crippen molar-refractivity contribution in [3.05, 3.63) is 95.0 Å². The van der Waals surface area contributed by atoms with E-state index in [9.17, 15) is 13.2 Å². The molecular weight excluding hydrogens is 424 g/mol. The fraction of sp³-hybridized carbons (Fsp3) is 0.136. The summed E-state index contributed by atoms with van der Waals surface area (Å²) >= 11 is 5.78. The Morgan fingerprint density at radius 2 is 1.60 bits per heavy atom. The van der Waals surface area contributed by atoms with Crippen molar-refractivity contribution in [3.63, 3.8) is 0 Å². The molecule has 3 aromatic rings. The largest absolute Gasteiger partial charge is 0.489 e. The number of carbonyl (C=O) groups is 1. The van der Waals surface area contributed by atoms with Crippen molar-refractivity contribution in [2.45, 2.75) is 24.5 Å². The van der Waals surface area contributed by atoms with Gasteiger partial charge >= 0.3 is 6.03 Å². The third kappa shape index (κ3) is 5.75. The molecule has 156 valence electrons. The van der Waals surface area contributed by atoms with Crippen LogP contribution in [-0.4, -0.2) is 14.4 Å². The van der Waals surface area contributed by atoms with Gasteiger partial charge in [0.2, 0.25) is 0 Å². The molecule has 0 aliphatic carbocycles. The van der Waals surface area contributed by atoms with Crippen LogP contribution in [-0.2, 0) is 16.6 Å². The highest BCUT2D eigenvalue weighted by atomic mass is 35.5. The van der Waals surface area contributed by atoms with Crippen molar-refractivity contribution in [1.82, 2.24) is 10.0 Å². The van der Waals surface area contributed by atoms with Crippen LogP contribution in [0.2, 0.25) is 5.02 Å². The van der Waals surface area contributed by atoms with Gasteiger partial charge in [0.1, 0.15) is 12.4 Å². The molecule has 3 aromatic carbocycles. The zero-order valence-corrected chi connectivity index (χ0v) is 17.8. The highest BCUT2D eigenvalue weighted by molar-refractivity contribution is 7.90. The molecule has 2 N–H and O–H groups in total. The van der Waals surface area contributed by atoms with Crippen LogP contribution < -0.4 is 14.8 Å². The second-order valence-electron chi connectivity index (χ2n) is 6.57. The van der Waals surface area contributed by atoms with Gasteiger partial charge in [-0.1, -0.05) is 60.1 Å². The van der Waals surface area contributed by atoms with Crippen molar-refractivity contribution in [2.75, 3.05) is 0 Å². The quantitative estimate of drug-likeness (QED) is 0.554. The number of ether oxygens (including phenoxy) is 1. The molecule has 0 heterocycles. The molecule has 0 bridgehead atoms. The van der Waals surface area contributed by atoms with Gasteiger partial charge < -0.3 is 10.1 Å². The maximum atomic E-state index is 12.4. The van der Waals surface area contributed by atoms with Crippen LogP contribution in [0, 0.1) is 0 Å². The lowest BCUT2D eigenvalue weighted by atomic mass is 10.1. The molecule has 30 heavy (non-hydrogen) atoms. The zero-order valence-electron chi connectivity index (χ0n) is 16.2. The van der Waals surface area contributed by atoms with E-state index in [1.165, 1.54) is 24.3 Å². The van der Waals surface area contributed by atoms with Crippen LogP contribution >= 0.6 is 11.6 Å². The Hall–Kier alpha value is -3.03. The Kier molecular flexibility index (Phi) is 6.97. The van der Waals surface area contributed by atoms with Crippen molar-refractivity contribution in [3.8, 4) is 5.75 Å². The van der Waals surface area contributed by atoms with Gasteiger partial charge in [-0.05, 0) is 42.8 Å². The number of sulfonamides is 1. The summed E-state index contributed by atoms with van der Waals surface area (Å²) in [6.07, 6.45) is 0. The minimum atomic E-state index is -4.01. The number of carbonyl (C=O) groups excluding carboxylic acids is 1. The fourth-order valence-corrected chi connectivity index (χ4v) is 3.84. The average molecular weight is 445 g/mol. The number of hydrogen-bond donors (Lipinski definition) is 2. The van der Waals surface area contributed by atoms with Gasteiger partial charge in [-0.2, -0.15) is 0 Å². The highest BCUT2D eigenvalue weighted by Crippen LogP contribution is 2.25. The molecule has 0 radical (unpaired) electrons. The molecule has 0 fully saturated rings. The molecule has 0 aromatic heterocycles. The molecule has 0 spiro atoms. The summed E-state index contributed by atoms with van der Waals surface area (Å²) in [6.45, 7) is 2.13. The van der Waals surface area contributed by atoms with Crippen molar-refractivity contribution in [2.24, 2.45) is 0 Å². The van der Waals surface area contributed by atoms with Crippen LogP contribution in [0.4, 0.5) is 4.79 Å². The number of benzene rings is 3. The van der Waals surface area contributed by atoms with Crippen LogP contribution in [0.1, 0.15) is 24.1 Å². The molecule has 0 saturated carbocycles. The first-order valence-electron chi connectivity index (χ1n) is 9.20. The lowest BCUT2D eigenvalue weighted by Gasteiger charge is -2.19. The maximum absolute atomic E-state index is 12.4. The van der Waals surface area contributed by atoms with Gasteiger partial charge in [0.15, 0.2) is 0 Å². The van der Waals surface area contributed by atoms with Gasteiger partial charge in [-0.25, -0.2) is 17.9 Å². The summed E-state index contributed by atoms with van der Waals surface area (Å²) in [5.74, 6) is 0.606. The number of rotatable bonds is 7. The first-order chi connectivity index (χ1) is 14.3. The molecular formula is C22H21ClN2O4S. The van der Waals surface area contributed by atoms with Gasteiger partial charge in [-0.3, -0.25) is 0 Å². The van der Waals surface area contributed by atoms with E-state index in [2.05, 4.69) is 5.32 Å². The lowest BCUT2D eigenvalue weighted by molar-refractivity contribution is 0.242. The van der Waals surface area contributed by atoms with E-state index in [0.29, 0.717) is 17.4 Å². The summed E-state index contributed by atoms with van der Waals surface area (Å²) in [5.41, 5.74) is 1.74. The van der Waals surface area contributed by atoms with E-state index in [1.807, 2.05) is 53.3 Å². The summed E-state index contributed by atoms with van der Waals surface area (Å²) in [6, 6.07) is 21.2. The van der Waals surface area contributed by atoms with Crippen molar-refractivity contribution >= 4 is 27.7 Å². The smallest absolute Gasteiger partial charge is 0.329 e. The van der Waals surface area contributed by atoms with Gasteiger partial charge in [-0.15, -0.1) is 0 Å².